The Hall–Kier alpha value is -1.94. The van der Waals surface area contributed by atoms with E-state index in [2.05, 4.69) is 39.6 Å². The van der Waals surface area contributed by atoms with Crippen LogP contribution in [0.25, 0.3) is 11.1 Å². The van der Waals surface area contributed by atoms with Gasteiger partial charge in [0.1, 0.15) is 0 Å². The van der Waals surface area contributed by atoms with E-state index in [1.165, 1.54) is 24.0 Å². The zero-order valence-electron chi connectivity index (χ0n) is 11.7. The summed E-state index contributed by atoms with van der Waals surface area (Å²) in [5, 5.41) is 3.48. The van der Waals surface area contributed by atoms with Crippen molar-refractivity contribution in [2.24, 2.45) is 0 Å². The molecule has 4 heteroatoms. The molecule has 0 spiro atoms. The minimum absolute atomic E-state index is 0.408. The highest BCUT2D eigenvalue weighted by atomic mass is 16.5. The first-order valence-corrected chi connectivity index (χ1v) is 7.04. The van der Waals surface area contributed by atoms with E-state index in [1.54, 1.807) is 7.11 Å². The van der Waals surface area contributed by atoms with E-state index in [1.807, 2.05) is 12.4 Å². The normalized spacial score (nSPS) is 18.8. The number of hydrogen-bond acceptors (Lipinski definition) is 4. The lowest BCUT2D eigenvalue weighted by molar-refractivity contribution is 0.380. The van der Waals surface area contributed by atoms with Crippen LogP contribution in [0.1, 0.15) is 24.3 Å². The summed E-state index contributed by atoms with van der Waals surface area (Å²) in [6, 6.07) is 8.95. The lowest BCUT2D eigenvalue weighted by atomic mass is 9.87. The molecule has 1 fully saturated rings. The summed E-state index contributed by atoms with van der Waals surface area (Å²) in [6.45, 7) is 2.18. The molecule has 3 rings (SSSR count). The summed E-state index contributed by atoms with van der Waals surface area (Å²) in [5.41, 5.74) is 3.66. The van der Waals surface area contributed by atoms with Crippen molar-refractivity contribution in [1.82, 2.24) is 15.3 Å². The Morgan fingerprint density at radius 2 is 2.00 bits per heavy atom. The Bertz CT molecular complexity index is 562. The number of hydrogen-bond donors (Lipinski definition) is 1. The molecule has 1 aliphatic rings. The standard InChI is InChI=1S/C16H19N3O/c1-20-16-18-10-13(11-19-16)15-7-3-2-6-14(15)12-5-4-8-17-9-12/h2-3,6-7,10-12,17H,4-5,8-9H2,1H3. The van der Waals surface area contributed by atoms with Crippen LogP contribution >= 0.6 is 0 Å². The number of piperidine rings is 1. The predicted molar refractivity (Wildman–Crippen MR) is 78.9 cm³/mol. The van der Waals surface area contributed by atoms with E-state index in [9.17, 15) is 0 Å². The summed E-state index contributed by atoms with van der Waals surface area (Å²) < 4.78 is 5.02. The zero-order valence-corrected chi connectivity index (χ0v) is 11.7. The molecule has 1 aromatic heterocycles. The van der Waals surface area contributed by atoms with Crippen molar-refractivity contribution < 1.29 is 4.74 Å². The molecule has 1 saturated heterocycles. The fourth-order valence-electron chi connectivity index (χ4n) is 2.79. The molecule has 104 valence electrons. The third kappa shape index (κ3) is 2.65. The second-order valence-corrected chi connectivity index (χ2v) is 5.09. The van der Waals surface area contributed by atoms with Crippen LogP contribution < -0.4 is 10.1 Å². The van der Waals surface area contributed by atoms with Gasteiger partial charge in [0.15, 0.2) is 0 Å². The molecule has 0 radical (unpaired) electrons. The number of aromatic nitrogens is 2. The number of benzene rings is 1. The van der Waals surface area contributed by atoms with Gasteiger partial charge < -0.3 is 10.1 Å². The van der Waals surface area contributed by atoms with Crippen molar-refractivity contribution in [1.29, 1.82) is 0 Å². The van der Waals surface area contributed by atoms with Gasteiger partial charge in [-0.3, -0.25) is 0 Å². The summed E-state index contributed by atoms with van der Waals surface area (Å²) in [7, 11) is 1.58. The predicted octanol–water partition coefficient (Wildman–Crippen LogP) is 2.62. The van der Waals surface area contributed by atoms with E-state index < -0.39 is 0 Å². The maximum Gasteiger partial charge on any atom is 0.316 e. The molecule has 2 aromatic rings. The second kappa shape index (κ2) is 6.01. The average molecular weight is 269 g/mol. The van der Waals surface area contributed by atoms with Crippen LogP contribution in [0.3, 0.4) is 0 Å². The van der Waals surface area contributed by atoms with Gasteiger partial charge in [0, 0.05) is 24.5 Å². The minimum Gasteiger partial charge on any atom is -0.467 e. The van der Waals surface area contributed by atoms with Gasteiger partial charge in [-0.15, -0.1) is 0 Å². The van der Waals surface area contributed by atoms with Crippen molar-refractivity contribution >= 4 is 0 Å². The Morgan fingerprint density at radius 1 is 1.20 bits per heavy atom. The van der Waals surface area contributed by atoms with Crippen molar-refractivity contribution in [2.45, 2.75) is 18.8 Å². The van der Waals surface area contributed by atoms with Gasteiger partial charge in [-0.05, 0) is 36.4 Å². The summed E-state index contributed by atoms with van der Waals surface area (Å²) >= 11 is 0. The third-order valence-electron chi connectivity index (χ3n) is 3.82. The van der Waals surface area contributed by atoms with E-state index in [4.69, 9.17) is 4.74 Å². The summed E-state index contributed by atoms with van der Waals surface area (Å²) in [6.07, 6.45) is 6.14. The molecule has 2 heterocycles. The van der Waals surface area contributed by atoms with Crippen LogP contribution in [-0.2, 0) is 0 Å². The minimum atomic E-state index is 0.408. The molecule has 0 bridgehead atoms. The molecular weight excluding hydrogens is 250 g/mol. The Kier molecular flexibility index (Phi) is 3.92. The monoisotopic (exact) mass is 269 g/mol. The first-order chi connectivity index (χ1) is 9.88. The van der Waals surface area contributed by atoms with Gasteiger partial charge in [-0.25, -0.2) is 9.97 Å². The van der Waals surface area contributed by atoms with Crippen molar-refractivity contribution in [3.63, 3.8) is 0 Å². The second-order valence-electron chi connectivity index (χ2n) is 5.09. The third-order valence-corrected chi connectivity index (χ3v) is 3.82. The molecule has 0 saturated carbocycles. The van der Waals surface area contributed by atoms with E-state index >= 15 is 0 Å². The van der Waals surface area contributed by atoms with Crippen LogP contribution in [0.5, 0.6) is 6.01 Å². The van der Waals surface area contributed by atoms with Crippen LogP contribution in [-0.4, -0.2) is 30.2 Å². The van der Waals surface area contributed by atoms with Crippen LogP contribution in [0.2, 0.25) is 0 Å². The van der Waals surface area contributed by atoms with Gasteiger partial charge in [-0.2, -0.15) is 0 Å². The highest BCUT2D eigenvalue weighted by Gasteiger charge is 2.18. The van der Waals surface area contributed by atoms with E-state index in [-0.39, 0.29) is 0 Å². The molecule has 1 unspecified atom stereocenters. The smallest absolute Gasteiger partial charge is 0.316 e. The van der Waals surface area contributed by atoms with Gasteiger partial charge >= 0.3 is 6.01 Å². The Balaban J connectivity index is 1.95. The van der Waals surface area contributed by atoms with Crippen molar-refractivity contribution in [2.75, 3.05) is 20.2 Å². The number of methoxy groups -OCH3 is 1. The van der Waals surface area contributed by atoms with Crippen molar-refractivity contribution in [3.8, 4) is 17.1 Å². The zero-order chi connectivity index (χ0) is 13.8. The lowest BCUT2D eigenvalue weighted by Crippen LogP contribution is -2.28. The molecule has 0 amide bonds. The maximum atomic E-state index is 5.02. The fourth-order valence-corrected chi connectivity index (χ4v) is 2.79. The quantitative estimate of drug-likeness (QED) is 0.930. The highest BCUT2D eigenvalue weighted by Crippen LogP contribution is 2.32. The van der Waals surface area contributed by atoms with Gasteiger partial charge in [0.05, 0.1) is 7.11 Å². The van der Waals surface area contributed by atoms with Gasteiger partial charge in [0.25, 0.3) is 0 Å². The molecule has 4 nitrogen and oxygen atoms in total. The number of ether oxygens (including phenoxy) is 1. The van der Waals surface area contributed by atoms with Crippen LogP contribution in [0.15, 0.2) is 36.7 Å². The van der Waals surface area contributed by atoms with Gasteiger partial charge in [0.2, 0.25) is 0 Å². The SMILES string of the molecule is COc1ncc(-c2ccccc2C2CCCNC2)cn1. The maximum absolute atomic E-state index is 5.02. The Morgan fingerprint density at radius 3 is 2.70 bits per heavy atom. The van der Waals surface area contributed by atoms with Crippen LogP contribution in [0.4, 0.5) is 0 Å². The molecular formula is C16H19N3O. The van der Waals surface area contributed by atoms with Gasteiger partial charge in [-0.1, -0.05) is 24.3 Å². The first-order valence-electron chi connectivity index (χ1n) is 7.04. The molecule has 0 aliphatic carbocycles. The largest absolute Gasteiger partial charge is 0.467 e. The average Bonchev–Trinajstić information content (AvgIpc) is 2.56. The van der Waals surface area contributed by atoms with Crippen LogP contribution in [0, 0.1) is 0 Å². The lowest BCUT2D eigenvalue weighted by Gasteiger charge is -2.25. The summed E-state index contributed by atoms with van der Waals surface area (Å²) in [4.78, 5) is 8.42. The molecule has 20 heavy (non-hydrogen) atoms. The number of nitrogens with zero attached hydrogens (tertiary/aromatic N) is 2. The molecule has 1 N–H and O–H groups in total. The Labute approximate surface area is 119 Å². The first kappa shape index (κ1) is 13.1. The number of nitrogens with one attached hydrogen (secondary N) is 1. The number of rotatable bonds is 3. The molecule has 1 aromatic carbocycles. The summed E-state index contributed by atoms with van der Waals surface area (Å²) in [5.74, 6) is 0.571. The topological polar surface area (TPSA) is 47.0 Å². The molecule has 1 aliphatic heterocycles. The molecule has 1 atom stereocenters. The van der Waals surface area contributed by atoms with Crippen molar-refractivity contribution in [3.05, 3.63) is 42.2 Å². The van der Waals surface area contributed by atoms with E-state index in [0.29, 0.717) is 11.9 Å². The van der Waals surface area contributed by atoms with E-state index in [0.717, 1.165) is 18.7 Å². The highest BCUT2D eigenvalue weighted by molar-refractivity contribution is 5.66. The fraction of sp³-hybridized carbons (Fsp3) is 0.375.